The summed E-state index contributed by atoms with van der Waals surface area (Å²) in [6, 6.07) is 9.15. The van der Waals surface area contributed by atoms with Gasteiger partial charge in [-0.25, -0.2) is 4.39 Å². The summed E-state index contributed by atoms with van der Waals surface area (Å²) in [7, 11) is 0. The van der Waals surface area contributed by atoms with Crippen molar-refractivity contribution in [1.29, 1.82) is 0 Å². The van der Waals surface area contributed by atoms with Crippen molar-refractivity contribution in [2.45, 2.75) is 34.2 Å². The molecular formula is C24H28FNO3. The molecule has 2 aromatic carbocycles. The first-order valence-corrected chi connectivity index (χ1v) is 10.1. The van der Waals surface area contributed by atoms with Gasteiger partial charge in [-0.1, -0.05) is 57.7 Å². The number of benzene rings is 2. The van der Waals surface area contributed by atoms with Gasteiger partial charge in [-0.05, 0) is 18.2 Å². The van der Waals surface area contributed by atoms with Crippen molar-refractivity contribution in [2.24, 2.45) is 11.8 Å². The van der Waals surface area contributed by atoms with Gasteiger partial charge in [0.1, 0.15) is 18.1 Å². The van der Waals surface area contributed by atoms with Crippen molar-refractivity contribution in [3.8, 4) is 11.5 Å². The van der Waals surface area contributed by atoms with Crippen molar-refractivity contribution in [3.63, 3.8) is 0 Å². The molecule has 0 bridgehead atoms. The maximum absolute atomic E-state index is 14.0. The number of carbonyl (C=O) groups excluding carboxylic acids is 1. The van der Waals surface area contributed by atoms with Gasteiger partial charge in [0.2, 0.25) is 5.78 Å². The Morgan fingerprint density at radius 1 is 1.07 bits per heavy atom. The molecule has 0 aromatic heterocycles. The zero-order chi connectivity index (χ0) is 21.1. The molecule has 4 nitrogen and oxygen atoms in total. The maximum atomic E-state index is 14.0. The standard InChI is InChI=1S/C24H28FNO3/c1-15(2)12-26(13-16(3)4)14-19-21(27)10-9-18-23(28)22(29-24(18)19)11-17-7-5-6-8-20(17)25/h5-11,15-16,27H,12-14H2,1-4H3. The number of Topliss-reactive ketones (excluding diaryl/α,β-unsaturated/α-hetero) is 1. The van der Waals surface area contributed by atoms with Gasteiger partial charge in [-0.15, -0.1) is 0 Å². The van der Waals surface area contributed by atoms with Crippen molar-refractivity contribution in [1.82, 2.24) is 0 Å². The summed E-state index contributed by atoms with van der Waals surface area (Å²) in [5, 5.41) is 12.6. The molecule has 3 rings (SSSR count). The second-order valence-electron chi connectivity index (χ2n) is 8.50. The van der Waals surface area contributed by atoms with Gasteiger partial charge in [0.05, 0.1) is 18.7 Å². The fraction of sp³-hybridized carbons (Fsp3) is 0.375. The fourth-order valence-corrected chi connectivity index (χ4v) is 3.82. The van der Waals surface area contributed by atoms with E-state index in [2.05, 4.69) is 27.7 Å². The lowest BCUT2D eigenvalue weighted by Gasteiger charge is -2.26. The molecule has 0 spiro atoms. The summed E-state index contributed by atoms with van der Waals surface area (Å²) in [6.45, 7) is 11.0. The quantitative estimate of drug-likeness (QED) is 0.730. The van der Waals surface area contributed by atoms with Crippen LogP contribution in [-0.4, -0.2) is 18.9 Å². The Morgan fingerprint density at radius 2 is 1.72 bits per heavy atom. The molecule has 0 fully saturated rings. The average Bonchev–Trinajstić information content (AvgIpc) is 2.94. The SMILES string of the molecule is CC(C)C[NH+](Cc1c([O-])ccc2c1OC(=Cc1ccccc1F)C2=O)CC(C)C. The normalized spacial score (nSPS) is 14.9. The molecule has 0 unspecified atom stereocenters. The smallest absolute Gasteiger partial charge is 0.231 e. The Bertz CT molecular complexity index is 924. The molecule has 1 aliphatic rings. The second kappa shape index (κ2) is 8.78. The summed E-state index contributed by atoms with van der Waals surface area (Å²) in [4.78, 5) is 14.1. The molecule has 0 saturated carbocycles. The van der Waals surface area contributed by atoms with E-state index in [9.17, 15) is 14.3 Å². The molecular weight excluding hydrogens is 369 g/mol. The van der Waals surface area contributed by atoms with Crippen LogP contribution >= 0.6 is 0 Å². The van der Waals surface area contributed by atoms with Gasteiger partial charge in [-0.3, -0.25) is 4.79 Å². The first-order valence-electron chi connectivity index (χ1n) is 10.1. The molecule has 0 radical (unpaired) electrons. The average molecular weight is 397 g/mol. The molecule has 1 heterocycles. The molecule has 0 amide bonds. The molecule has 29 heavy (non-hydrogen) atoms. The van der Waals surface area contributed by atoms with Gasteiger partial charge in [-0.2, -0.15) is 0 Å². The predicted molar refractivity (Wildman–Crippen MR) is 109 cm³/mol. The topological polar surface area (TPSA) is 53.8 Å². The van der Waals surface area contributed by atoms with Crippen LogP contribution in [0.4, 0.5) is 4.39 Å². The minimum absolute atomic E-state index is 0.0474. The van der Waals surface area contributed by atoms with Gasteiger partial charge < -0.3 is 14.7 Å². The number of carbonyl (C=O) groups is 1. The highest BCUT2D eigenvalue weighted by atomic mass is 19.1. The number of quaternary nitrogens is 1. The van der Waals surface area contributed by atoms with Crippen molar-refractivity contribution >= 4 is 11.9 Å². The van der Waals surface area contributed by atoms with Crippen molar-refractivity contribution in [3.05, 3.63) is 64.7 Å². The van der Waals surface area contributed by atoms with Crippen molar-refractivity contribution in [2.75, 3.05) is 13.1 Å². The van der Waals surface area contributed by atoms with Crippen LogP contribution in [0.5, 0.6) is 11.5 Å². The van der Waals surface area contributed by atoms with Gasteiger partial charge in [0, 0.05) is 23.0 Å². The van der Waals surface area contributed by atoms with E-state index in [4.69, 9.17) is 4.74 Å². The van der Waals surface area contributed by atoms with E-state index in [1.54, 1.807) is 18.2 Å². The molecule has 154 valence electrons. The first-order chi connectivity index (χ1) is 13.8. The largest absolute Gasteiger partial charge is 0.872 e. The zero-order valence-electron chi connectivity index (χ0n) is 17.4. The Labute approximate surface area is 171 Å². The van der Waals surface area contributed by atoms with Crippen LogP contribution < -0.4 is 14.7 Å². The number of allylic oxidation sites excluding steroid dienone is 1. The van der Waals surface area contributed by atoms with E-state index in [0.29, 0.717) is 35.3 Å². The lowest BCUT2D eigenvalue weighted by Crippen LogP contribution is -3.11. The monoisotopic (exact) mass is 397 g/mol. The van der Waals surface area contributed by atoms with Crippen LogP contribution in [-0.2, 0) is 6.54 Å². The van der Waals surface area contributed by atoms with Crippen LogP contribution in [0.25, 0.3) is 6.08 Å². The van der Waals surface area contributed by atoms with Gasteiger partial charge in [0.15, 0.2) is 5.76 Å². The summed E-state index contributed by atoms with van der Waals surface area (Å²) < 4.78 is 19.8. The molecule has 0 saturated heterocycles. The number of nitrogens with one attached hydrogen (secondary N) is 1. The fourth-order valence-electron chi connectivity index (χ4n) is 3.82. The molecule has 0 atom stereocenters. The lowest BCUT2D eigenvalue weighted by molar-refractivity contribution is -0.919. The van der Waals surface area contributed by atoms with E-state index >= 15 is 0 Å². The molecule has 5 heteroatoms. The number of fused-ring (bicyclic) bond motifs is 1. The number of hydrogen-bond acceptors (Lipinski definition) is 3. The Morgan fingerprint density at radius 3 is 2.34 bits per heavy atom. The number of rotatable bonds is 7. The second-order valence-corrected chi connectivity index (χ2v) is 8.50. The Hall–Kier alpha value is -2.66. The summed E-state index contributed by atoms with van der Waals surface area (Å²) >= 11 is 0. The first kappa shape index (κ1) is 21.1. The van der Waals surface area contributed by atoms with Crippen LogP contribution in [0.15, 0.2) is 42.2 Å². The Kier molecular flexibility index (Phi) is 6.38. The number of hydrogen-bond donors (Lipinski definition) is 1. The third-order valence-corrected chi connectivity index (χ3v) is 4.91. The zero-order valence-corrected chi connectivity index (χ0v) is 17.4. The van der Waals surface area contributed by atoms with Crippen LogP contribution in [0.2, 0.25) is 0 Å². The third kappa shape index (κ3) is 4.85. The highest BCUT2D eigenvalue weighted by molar-refractivity contribution is 6.14. The minimum atomic E-state index is -0.429. The third-order valence-electron chi connectivity index (χ3n) is 4.91. The highest BCUT2D eigenvalue weighted by Crippen LogP contribution is 2.38. The Balaban J connectivity index is 1.94. The van der Waals surface area contributed by atoms with E-state index in [0.717, 1.165) is 13.1 Å². The van der Waals surface area contributed by atoms with E-state index in [1.165, 1.54) is 29.2 Å². The number of ether oxygens (including phenoxy) is 1. The van der Waals surface area contributed by atoms with E-state index in [1.807, 2.05) is 0 Å². The summed E-state index contributed by atoms with van der Waals surface area (Å²) in [6.07, 6.45) is 1.40. The minimum Gasteiger partial charge on any atom is -0.872 e. The summed E-state index contributed by atoms with van der Waals surface area (Å²) in [5.74, 6) is 0.458. The maximum Gasteiger partial charge on any atom is 0.231 e. The highest BCUT2D eigenvalue weighted by Gasteiger charge is 2.31. The van der Waals surface area contributed by atoms with Crippen LogP contribution in [0.1, 0.15) is 49.2 Å². The van der Waals surface area contributed by atoms with Crippen LogP contribution in [0.3, 0.4) is 0 Å². The predicted octanol–water partition coefficient (Wildman–Crippen LogP) is 3.21. The molecule has 0 aliphatic carbocycles. The number of halogens is 1. The molecule has 1 N–H and O–H groups in total. The van der Waals surface area contributed by atoms with E-state index < -0.39 is 5.82 Å². The van der Waals surface area contributed by atoms with E-state index in [-0.39, 0.29) is 22.9 Å². The van der Waals surface area contributed by atoms with Gasteiger partial charge in [0.25, 0.3) is 0 Å². The lowest BCUT2D eigenvalue weighted by atomic mass is 10.0. The van der Waals surface area contributed by atoms with Crippen molar-refractivity contribution < 1.29 is 23.9 Å². The van der Waals surface area contributed by atoms with Crippen LogP contribution in [0, 0.1) is 17.7 Å². The molecule has 1 aliphatic heterocycles. The number of ketones is 1. The summed E-state index contributed by atoms with van der Waals surface area (Å²) in [5.41, 5.74) is 1.17. The molecule has 2 aromatic rings. The van der Waals surface area contributed by atoms with Gasteiger partial charge >= 0.3 is 0 Å².